The summed E-state index contributed by atoms with van der Waals surface area (Å²) in [7, 11) is 9.69. The maximum absolute atomic E-state index is 2.46. The van der Waals surface area contributed by atoms with Gasteiger partial charge in [0.15, 0.2) is 0 Å². The van der Waals surface area contributed by atoms with E-state index in [0.29, 0.717) is 0 Å². The van der Waals surface area contributed by atoms with Crippen LogP contribution in [-0.2, 0) is 0 Å². The van der Waals surface area contributed by atoms with Gasteiger partial charge in [-0.3, -0.25) is 0 Å². The first-order chi connectivity index (χ1) is 8.63. The quantitative estimate of drug-likeness (QED) is 0.418. The van der Waals surface area contributed by atoms with Crippen molar-refractivity contribution in [3.05, 3.63) is 0 Å². The summed E-state index contributed by atoms with van der Waals surface area (Å²) in [6.45, 7) is 7.16. The molecule has 0 aliphatic carbocycles. The zero-order valence-electron chi connectivity index (χ0n) is 11.2. The molecule has 106 valence electrons. The molecular formula is C11H22S6Sn. The van der Waals surface area contributed by atoms with Crippen LogP contribution in [0.2, 0.25) is 0 Å². The molecule has 0 N–H and O–H groups in total. The molecule has 2 saturated heterocycles. The summed E-state index contributed by atoms with van der Waals surface area (Å²) >= 11 is 2.27. The summed E-state index contributed by atoms with van der Waals surface area (Å²) < 4.78 is 1.90. The SMILES string of the molecule is CC[S][Sn]([S]C(C)C)([S]C1CCS1)[S]C1CCS1. The molecule has 2 aliphatic rings. The maximum atomic E-state index is 2.46. The number of thioether (sulfide) groups is 2. The molecular weight excluding hydrogens is 443 g/mol. The Labute approximate surface area is 136 Å². The van der Waals surface area contributed by atoms with E-state index in [-0.39, 0.29) is 0 Å². The first kappa shape index (κ1) is 17.3. The minimum absolute atomic E-state index is 0.815. The van der Waals surface area contributed by atoms with Crippen LogP contribution in [0, 0.1) is 0 Å². The van der Waals surface area contributed by atoms with Gasteiger partial charge in [0.05, 0.1) is 0 Å². The third-order valence-corrected chi connectivity index (χ3v) is 58.4. The van der Waals surface area contributed by atoms with E-state index in [2.05, 4.69) is 80.1 Å². The molecule has 2 rings (SSSR count). The Morgan fingerprint density at radius 3 is 1.89 bits per heavy atom. The molecule has 2 atom stereocenters. The van der Waals surface area contributed by atoms with Crippen LogP contribution in [-0.4, -0.2) is 44.5 Å². The average Bonchev–Trinajstić information content (AvgIpc) is 2.17. The Bertz CT molecular complexity index is 238. The summed E-state index contributed by atoms with van der Waals surface area (Å²) in [4.78, 5) is 0. The third-order valence-electron chi connectivity index (χ3n) is 2.57. The third kappa shape index (κ3) is 5.27. The second kappa shape index (κ2) is 8.51. The van der Waals surface area contributed by atoms with Gasteiger partial charge in [0.2, 0.25) is 0 Å². The molecule has 0 aromatic carbocycles. The zero-order valence-corrected chi connectivity index (χ0v) is 19.0. The monoisotopic (exact) mass is 466 g/mol. The van der Waals surface area contributed by atoms with Crippen molar-refractivity contribution < 1.29 is 0 Å². The van der Waals surface area contributed by atoms with Gasteiger partial charge in [0, 0.05) is 0 Å². The Morgan fingerprint density at radius 1 is 1.11 bits per heavy atom. The van der Waals surface area contributed by atoms with Crippen molar-refractivity contribution in [2.24, 2.45) is 0 Å². The van der Waals surface area contributed by atoms with Crippen LogP contribution in [0.25, 0.3) is 0 Å². The molecule has 0 aromatic heterocycles. The van der Waals surface area contributed by atoms with Crippen LogP contribution < -0.4 is 0 Å². The molecule has 0 saturated carbocycles. The zero-order chi connectivity index (χ0) is 13.0. The number of hydrogen-bond acceptors (Lipinski definition) is 6. The number of rotatable bonds is 8. The van der Waals surface area contributed by atoms with Gasteiger partial charge in [-0.15, -0.1) is 0 Å². The van der Waals surface area contributed by atoms with Gasteiger partial charge in [-0.05, 0) is 0 Å². The fraction of sp³-hybridized carbons (Fsp3) is 1.00. The fourth-order valence-electron chi connectivity index (χ4n) is 1.59. The van der Waals surface area contributed by atoms with Crippen LogP contribution >= 0.6 is 59.3 Å². The van der Waals surface area contributed by atoms with Crippen molar-refractivity contribution in [3.63, 3.8) is 0 Å². The van der Waals surface area contributed by atoms with Crippen molar-refractivity contribution in [2.45, 2.75) is 48.0 Å². The van der Waals surface area contributed by atoms with E-state index in [0.717, 1.165) is 14.4 Å². The van der Waals surface area contributed by atoms with E-state index in [9.17, 15) is 0 Å². The van der Waals surface area contributed by atoms with E-state index in [1.54, 1.807) is 0 Å². The molecule has 0 spiro atoms. The molecule has 2 heterocycles. The summed E-state index contributed by atoms with van der Waals surface area (Å²) in [5, 5.41) is 0.815. The van der Waals surface area contributed by atoms with Gasteiger partial charge >= 0.3 is 137 Å². The van der Waals surface area contributed by atoms with Gasteiger partial charge in [0.25, 0.3) is 0 Å². The van der Waals surface area contributed by atoms with Gasteiger partial charge in [-0.1, -0.05) is 0 Å². The normalized spacial score (nSPS) is 30.7. The van der Waals surface area contributed by atoms with E-state index in [4.69, 9.17) is 0 Å². The molecule has 2 fully saturated rings. The molecule has 0 radical (unpaired) electrons. The molecule has 2 aliphatic heterocycles. The van der Waals surface area contributed by atoms with E-state index in [1.807, 2.05) is 0 Å². The summed E-state index contributed by atoms with van der Waals surface area (Å²) in [6, 6.07) is 0. The second-order valence-corrected chi connectivity index (χ2v) is 49.6. The summed E-state index contributed by atoms with van der Waals surface area (Å²) in [5.41, 5.74) is 0. The van der Waals surface area contributed by atoms with Crippen LogP contribution in [0.15, 0.2) is 0 Å². The standard InChI is InChI=1S/2C3H6S2.C3H8S.C2H6S.Sn/c2*4-3-1-2-5-3;1-3(2)4;1-2-3;/h2*3-4H,1-2H2;3-4H,1-2H3;3H,2H2,1H3;/q;;;;+4/p-4. The molecule has 7 heteroatoms. The van der Waals surface area contributed by atoms with Gasteiger partial charge in [0.1, 0.15) is 0 Å². The fourth-order valence-corrected chi connectivity index (χ4v) is 81.9. The molecule has 0 nitrogen and oxygen atoms in total. The Morgan fingerprint density at radius 2 is 1.61 bits per heavy atom. The molecule has 2 unspecified atom stereocenters. The Hall–Kier alpha value is 2.90. The average molecular weight is 465 g/mol. The minimum atomic E-state index is -2.14. The van der Waals surface area contributed by atoms with Crippen LogP contribution in [0.3, 0.4) is 0 Å². The van der Waals surface area contributed by atoms with Crippen LogP contribution in [0.4, 0.5) is 0 Å². The van der Waals surface area contributed by atoms with Crippen molar-refractivity contribution in [3.8, 4) is 0 Å². The molecule has 0 amide bonds. The number of hydrogen-bond donors (Lipinski definition) is 0. The molecule has 0 bridgehead atoms. The Balaban J connectivity index is 1.98. The molecule has 0 aromatic rings. The predicted octanol–water partition coefficient (Wildman–Crippen LogP) is 5.71. The van der Waals surface area contributed by atoms with E-state index in [1.165, 1.54) is 30.1 Å². The first-order valence-electron chi connectivity index (χ1n) is 6.54. The van der Waals surface area contributed by atoms with Crippen molar-refractivity contribution in [1.29, 1.82) is 0 Å². The molecule has 18 heavy (non-hydrogen) atoms. The van der Waals surface area contributed by atoms with Crippen LogP contribution in [0.5, 0.6) is 0 Å². The topological polar surface area (TPSA) is 0 Å². The van der Waals surface area contributed by atoms with Crippen molar-refractivity contribution >= 4 is 72.2 Å². The van der Waals surface area contributed by atoms with E-state index >= 15 is 0 Å². The summed E-state index contributed by atoms with van der Waals surface area (Å²) in [5.74, 6) is 4.14. The van der Waals surface area contributed by atoms with Gasteiger partial charge in [-0.25, -0.2) is 0 Å². The first-order valence-corrected chi connectivity index (χ1v) is 26.2. The van der Waals surface area contributed by atoms with Crippen LogP contribution in [0.1, 0.15) is 33.6 Å². The second-order valence-electron chi connectivity index (χ2n) is 4.51. The van der Waals surface area contributed by atoms with E-state index < -0.39 is 12.8 Å². The van der Waals surface area contributed by atoms with Gasteiger partial charge in [-0.2, -0.15) is 0 Å². The Kier molecular flexibility index (Phi) is 8.16. The van der Waals surface area contributed by atoms with Crippen molar-refractivity contribution in [2.75, 3.05) is 17.3 Å². The predicted molar refractivity (Wildman–Crippen MR) is 104 cm³/mol. The summed E-state index contributed by atoms with van der Waals surface area (Å²) in [6.07, 6.45) is 2.94. The van der Waals surface area contributed by atoms with Gasteiger partial charge < -0.3 is 0 Å². The van der Waals surface area contributed by atoms with Crippen molar-refractivity contribution in [1.82, 2.24) is 0 Å².